The number of nitrogens with zero attached hydrogens (tertiary/aromatic N) is 1. The summed E-state index contributed by atoms with van der Waals surface area (Å²) in [5.74, 6) is -0.609. The molecule has 0 aromatic carbocycles. The van der Waals surface area contributed by atoms with Gasteiger partial charge >= 0.3 is 6.09 Å². The molecule has 2 unspecified atom stereocenters. The second-order valence-electron chi connectivity index (χ2n) is 2.35. The lowest BCUT2D eigenvalue weighted by Crippen LogP contribution is -2.21. The molecule has 7 heteroatoms. The van der Waals surface area contributed by atoms with E-state index < -0.39 is 23.7 Å². The Kier molecular flexibility index (Phi) is 5.36. The molecule has 4 nitrogen and oxygen atoms in total. The summed E-state index contributed by atoms with van der Waals surface area (Å²) in [6, 6.07) is 0. The first-order valence-corrected chi connectivity index (χ1v) is 3.93. The van der Waals surface area contributed by atoms with E-state index in [4.69, 9.17) is 0 Å². The molecule has 0 spiro atoms. The molecular formula is C6H10F2N2O2S. The maximum absolute atomic E-state index is 12.0. The van der Waals surface area contributed by atoms with Crippen LogP contribution in [0, 0.1) is 5.92 Å². The highest BCUT2D eigenvalue weighted by Gasteiger charge is 2.21. The van der Waals surface area contributed by atoms with E-state index in [0.717, 1.165) is 6.21 Å². The molecule has 0 fully saturated rings. The van der Waals surface area contributed by atoms with Crippen LogP contribution < -0.4 is 5.73 Å². The van der Waals surface area contributed by atoms with Crippen molar-refractivity contribution >= 4 is 24.9 Å². The number of amides is 1. The third-order valence-corrected chi connectivity index (χ3v) is 1.93. The van der Waals surface area contributed by atoms with Crippen molar-refractivity contribution in [1.82, 2.24) is 0 Å². The fourth-order valence-corrected chi connectivity index (χ4v) is 0.573. The van der Waals surface area contributed by atoms with Crippen molar-refractivity contribution in [3.8, 4) is 0 Å². The topological polar surface area (TPSA) is 64.7 Å². The third-order valence-electron chi connectivity index (χ3n) is 1.24. The highest BCUT2D eigenvalue weighted by molar-refractivity contribution is 7.81. The van der Waals surface area contributed by atoms with Gasteiger partial charge in [-0.25, -0.2) is 13.6 Å². The number of halogens is 2. The van der Waals surface area contributed by atoms with E-state index in [1.54, 1.807) is 0 Å². The molecule has 2 N–H and O–H groups in total. The zero-order valence-electron chi connectivity index (χ0n) is 6.85. The zero-order valence-corrected chi connectivity index (χ0v) is 7.75. The number of nitrogens with two attached hydrogens (primary N) is 1. The van der Waals surface area contributed by atoms with Crippen LogP contribution in [0.2, 0.25) is 0 Å². The normalized spacial score (nSPS) is 16.1. The Morgan fingerprint density at radius 1 is 1.69 bits per heavy atom. The number of hydrogen-bond acceptors (Lipinski definition) is 4. The van der Waals surface area contributed by atoms with Crippen molar-refractivity contribution in [2.24, 2.45) is 16.8 Å². The molecule has 2 atom stereocenters. The molecule has 0 bridgehead atoms. The first-order chi connectivity index (χ1) is 5.95. The molecule has 0 aromatic rings. The number of hydrogen-bond donors (Lipinski definition) is 2. The van der Waals surface area contributed by atoms with Crippen molar-refractivity contribution in [2.45, 2.75) is 18.6 Å². The summed E-state index contributed by atoms with van der Waals surface area (Å²) in [6.07, 6.45) is -2.59. The highest BCUT2D eigenvalue weighted by Crippen LogP contribution is 2.16. The highest BCUT2D eigenvalue weighted by atomic mass is 32.1. The van der Waals surface area contributed by atoms with Crippen LogP contribution in [0.25, 0.3) is 0 Å². The number of carbonyl (C=O) groups excluding carboxylic acids is 1. The summed E-state index contributed by atoms with van der Waals surface area (Å²) in [5, 5.41) is 1.95. The maximum atomic E-state index is 12.0. The van der Waals surface area contributed by atoms with Gasteiger partial charge in [0.25, 0.3) is 6.43 Å². The average Bonchev–Trinajstić information content (AvgIpc) is 2.02. The Labute approximate surface area is 79.5 Å². The molecule has 0 aliphatic carbocycles. The van der Waals surface area contributed by atoms with Crippen LogP contribution in [0.3, 0.4) is 0 Å². The molecule has 0 radical (unpaired) electrons. The van der Waals surface area contributed by atoms with Gasteiger partial charge in [-0.3, -0.25) is 4.84 Å². The number of alkyl halides is 2. The smallest absolute Gasteiger partial charge is 0.333 e. The van der Waals surface area contributed by atoms with E-state index in [0.29, 0.717) is 0 Å². The maximum Gasteiger partial charge on any atom is 0.430 e. The molecule has 1 amide bonds. The lowest BCUT2D eigenvalue weighted by molar-refractivity contribution is 0.136. The van der Waals surface area contributed by atoms with E-state index >= 15 is 0 Å². The predicted molar refractivity (Wildman–Crippen MR) is 47.1 cm³/mol. The third kappa shape index (κ3) is 5.40. The minimum atomic E-state index is -2.56. The quantitative estimate of drug-likeness (QED) is 0.319. The summed E-state index contributed by atoms with van der Waals surface area (Å²) in [5.41, 5.74) is 4.57. The molecule has 76 valence electrons. The van der Waals surface area contributed by atoms with Crippen LogP contribution in [0.1, 0.15) is 6.92 Å². The van der Waals surface area contributed by atoms with Gasteiger partial charge in [-0.1, -0.05) is 12.1 Å². The summed E-state index contributed by atoms with van der Waals surface area (Å²) >= 11 is 3.63. The monoisotopic (exact) mass is 212 g/mol. The molecule has 0 aromatic heterocycles. The van der Waals surface area contributed by atoms with Gasteiger partial charge in [-0.2, -0.15) is 12.6 Å². The van der Waals surface area contributed by atoms with Gasteiger partial charge in [0.15, 0.2) is 0 Å². The molecule has 13 heavy (non-hydrogen) atoms. The van der Waals surface area contributed by atoms with Crippen molar-refractivity contribution in [3.63, 3.8) is 0 Å². The predicted octanol–water partition coefficient (Wildman–Crippen LogP) is 1.27. The minimum absolute atomic E-state index is 0.609. The number of carbonyl (C=O) groups is 1. The van der Waals surface area contributed by atoms with Gasteiger partial charge in [-0.05, 0) is 0 Å². The largest absolute Gasteiger partial charge is 0.430 e. The van der Waals surface area contributed by atoms with Crippen molar-refractivity contribution in [2.75, 3.05) is 0 Å². The zero-order chi connectivity index (χ0) is 10.4. The van der Waals surface area contributed by atoms with Gasteiger partial charge in [0.1, 0.15) is 0 Å². The molecule has 0 aliphatic rings. The number of primary amides is 1. The standard InChI is InChI=1S/C6H10F2N2O2S/c1-3(4(13)5(7)8)2-10-12-6(9)11/h2-5,13H,1H3,(H2,9,11). The van der Waals surface area contributed by atoms with E-state index in [9.17, 15) is 13.6 Å². The molecular weight excluding hydrogens is 202 g/mol. The summed E-state index contributed by atoms with van der Waals surface area (Å²) in [6.45, 7) is 1.47. The van der Waals surface area contributed by atoms with Gasteiger partial charge < -0.3 is 5.73 Å². The summed E-state index contributed by atoms with van der Waals surface area (Å²) in [4.78, 5) is 14.0. The average molecular weight is 212 g/mol. The van der Waals surface area contributed by atoms with Crippen LogP contribution in [0.5, 0.6) is 0 Å². The Balaban J connectivity index is 3.91. The van der Waals surface area contributed by atoms with Crippen LogP contribution in [0.4, 0.5) is 13.6 Å². The van der Waals surface area contributed by atoms with Crippen LogP contribution in [-0.2, 0) is 4.84 Å². The van der Waals surface area contributed by atoms with Crippen LogP contribution in [0.15, 0.2) is 5.16 Å². The molecule has 0 aliphatic heterocycles. The lowest BCUT2D eigenvalue weighted by atomic mass is 10.1. The van der Waals surface area contributed by atoms with Gasteiger partial charge in [0.05, 0.1) is 5.25 Å². The van der Waals surface area contributed by atoms with E-state index in [1.807, 2.05) is 0 Å². The van der Waals surface area contributed by atoms with Gasteiger partial charge in [0, 0.05) is 12.1 Å². The second kappa shape index (κ2) is 5.74. The Bertz CT molecular complexity index is 201. The van der Waals surface area contributed by atoms with Crippen molar-refractivity contribution in [3.05, 3.63) is 0 Å². The Morgan fingerprint density at radius 2 is 2.23 bits per heavy atom. The van der Waals surface area contributed by atoms with Gasteiger partial charge in [0.2, 0.25) is 0 Å². The van der Waals surface area contributed by atoms with Crippen molar-refractivity contribution < 1.29 is 18.4 Å². The fourth-order valence-electron chi connectivity index (χ4n) is 0.496. The Morgan fingerprint density at radius 3 is 2.62 bits per heavy atom. The SMILES string of the molecule is CC(C=NOC(N)=O)C(S)C(F)F. The molecule has 0 rings (SSSR count). The van der Waals surface area contributed by atoms with Crippen LogP contribution >= 0.6 is 12.6 Å². The number of rotatable bonds is 4. The van der Waals surface area contributed by atoms with E-state index in [-0.39, 0.29) is 0 Å². The first-order valence-electron chi connectivity index (χ1n) is 3.41. The van der Waals surface area contributed by atoms with Crippen LogP contribution in [-0.4, -0.2) is 24.0 Å². The molecule has 0 saturated carbocycles. The summed E-state index contributed by atoms with van der Waals surface area (Å²) < 4.78 is 24.0. The first kappa shape index (κ1) is 12.2. The number of oxime groups is 1. The van der Waals surface area contributed by atoms with Gasteiger partial charge in [-0.15, -0.1) is 0 Å². The number of thiol groups is 1. The van der Waals surface area contributed by atoms with E-state index in [2.05, 4.69) is 28.4 Å². The lowest BCUT2D eigenvalue weighted by Gasteiger charge is -2.12. The minimum Gasteiger partial charge on any atom is -0.333 e. The summed E-state index contributed by atoms with van der Waals surface area (Å²) in [7, 11) is 0. The van der Waals surface area contributed by atoms with E-state index in [1.165, 1.54) is 6.92 Å². The Hall–Kier alpha value is -0.850. The molecule has 0 saturated heterocycles. The second-order valence-corrected chi connectivity index (χ2v) is 2.95. The van der Waals surface area contributed by atoms with Crippen molar-refractivity contribution in [1.29, 1.82) is 0 Å². The molecule has 0 heterocycles. The fraction of sp³-hybridized carbons (Fsp3) is 0.667.